The van der Waals surface area contributed by atoms with E-state index in [9.17, 15) is 4.79 Å². The highest BCUT2D eigenvalue weighted by Crippen LogP contribution is 2.38. The third-order valence-corrected chi connectivity index (χ3v) is 3.81. The predicted molar refractivity (Wildman–Crippen MR) is 75.2 cm³/mol. The maximum absolute atomic E-state index is 11.8. The summed E-state index contributed by atoms with van der Waals surface area (Å²) >= 11 is 0. The van der Waals surface area contributed by atoms with Crippen LogP contribution >= 0.6 is 0 Å². The first-order chi connectivity index (χ1) is 9.20. The molecule has 1 aliphatic carbocycles. The van der Waals surface area contributed by atoms with Gasteiger partial charge in [-0.25, -0.2) is 4.98 Å². The first-order valence-corrected chi connectivity index (χ1v) is 7.45. The topological polar surface area (TPSA) is 55.0 Å². The Labute approximate surface area is 114 Å². The summed E-state index contributed by atoms with van der Waals surface area (Å²) in [7, 11) is 0. The van der Waals surface area contributed by atoms with E-state index >= 15 is 0 Å². The molecule has 106 valence electrons. The Hall–Kier alpha value is -1.16. The van der Waals surface area contributed by atoms with E-state index in [-0.39, 0.29) is 11.2 Å². The van der Waals surface area contributed by atoms with Crippen LogP contribution in [0.5, 0.6) is 0 Å². The number of hydrogen-bond acceptors (Lipinski definition) is 3. The average molecular weight is 264 g/mol. The molecule has 19 heavy (non-hydrogen) atoms. The summed E-state index contributed by atoms with van der Waals surface area (Å²) in [6.45, 7) is 4.76. The van der Waals surface area contributed by atoms with Crippen molar-refractivity contribution < 1.29 is 4.74 Å². The fourth-order valence-electron chi connectivity index (χ4n) is 2.96. The lowest BCUT2D eigenvalue weighted by Crippen LogP contribution is -2.36. The van der Waals surface area contributed by atoms with Gasteiger partial charge in [-0.15, -0.1) is 0 Å². The zero-order valence-corrected chi connectivity index (χ0v) is 12.0. The number of nitrogens with one attached hydrogen (secondary N) is 1. The summed E-state index contributed by atoms with van der Waals surface area (Å²) in [5.74, 6) is 0.741. The number of H-pyrrole nitrogens is 1. The Bertz CT molecular complexity index is 456. The molecule has 1 aromatic heterocycles. The standard InChI is InChI=1S/C15H24N2O2/c1-3-8-12-11-13(18)17-14(16-12)15(19-4-2)9-6-5-7-10-15/h11H,3-10H2,1-2H3,(H,16,17,18). The van der Waals surface area contributed by atoms with E-state index in [0.29, 0.717) is 6.61 Å². The summed E-state index contributed by atoms with van der Waals surface area (Å²) in [4.78, 5) is 19.4. The Morgan fingerprint density at radius 3 is 2.68 bits per heavy atom. The fraction of sp³-hybridized carbons (Fsp3) is 0.733. The third kappa shape index (κ3) is 3.24. The van der Waals surface area contributed by atoms with Crippen LogP contribution in [-0.2, 0) is 16.8 Å². The van der Waals surface area contributed by atoms with E-state index in [2.05, 4.69) is 16.9 Å². The van der Waals surface area contributed by atoms with E-state index in [1.807, 2.05) is 6.92 Å². The average Bonchev–Trinajstić information content (AvgIpc) is 2.40. The van der Waals surface area contributed by atoms with Gasteiger partial charge in [0.25, 0.3) is 5.56 Å². The van der Waals surface area contributed by atoms with E-state index in [1.54, 1.807) is 6.07 Å². The smallest absolute Gasteiger partial charge is 0.251 e. The number of aryl methyl sites for hydroxylation is 1. The van der Waals surface area contributed by atoms with Crippen molar-refractivity contribution >= 4 is 0 Å². The van der Waals surface area contributed by atoms with Gasteiger partial charge < -0.3 is 9.72 Å². The van der Waals surface area contributed by atoms with Crippen molar-refractivity contribution in [2.75, 3.05) is 6.61 Å². The van der Waals surface area contributed by atoms with E-state index in [4.69, 9.17) is 4.74 Å². The molecule has 0 atom stereocenters. The molecular formula is C15H24N2O2. The maximum atomic E-state index is 11.8. The first-order valence-electron chi connectivity index (χ1n) is 7.45. The van der Waals surface area contributed by atoms with E-state index in [1.165, 1.54) is 6.42 Å². The second-order valence-electron chi connectivity index (χ2n) is 5.32. The molecule has 1 saturated carbocycles. The molecule has 0 aromatic carbocycles. The molecule has 0 aliphatic heterocycles. The molecular weight excluding hydrogens is 240 g/mol. The van der Waals surface area contributed by atoms with Gasteiger partial charge in [0, 0.05) is 18.4 Å². The third-order valence-electron chi connectivity index (χ3n) is 3.81. The molecule has 0 amide bonds. The minimum absolute atomic E-state index is 0.0573. The molecule has 4 nitrogen and oxygen atoms in total. The van der Waals surface area contributed by atoms with Crippen LogP contribution < -0.4 is 5.56 Å². The number of rotatable bonds is 5. The number of aromatic amines is 1. The van der Waals surface area contributed by atoms with Crippen LogP contribution in [0, 0.1) is 0 Å². The molecule has 0 saturated heterocycles. The zero-order chi connectivity index (χ0) is 13.7. The first kappa shape index (κ1) is 14.3. The predicted octanol–water partition coefficient (Wildman–Crippen LogP) is 2.92. The van der Waals surface area contributed by atoms with Gasteiger partial charge in [0.1, 0.15) is 11.4 Å². The lowest BCUT2D eigenvalue weighted by atomic mass is 9.83. The number of hydrogen-bond donors (Lipinski definition) is 1. The summed E-state index contributed by atoms with van der Waals surface area (Å²) < 4.78 is 6.01. The Balaban J connectivity index is 2.37. The molecule has 1 aromatic rings. The second-order valence-corrected chi connectivity index (χ2v) is 5.32. The van der Waals surface area contributed by atoms with Crippen molar-refractivity contribution in [3.05, 3.63) is 27.9 Å². The molecule has 1 aliphatic rings. The molecule has 1 N–H and O–H groups in total. The van der Waals surface area contributed by atoms with Crippen molar-refractivity contribution in [2.24, 2.45) is 0 Å². The van der Waals surface area contributed by atoms with Gasteiger partial charge in [-0.05, 0) is 26.2 Å². The molecule has 1 fully saturated rings. The van der Waals surface area contributed by atoms with E-state index < -0.39 is 0 Å². The van der Waals surface area contributed by atoms with Crippen molar-refractivity contribution in [2.45, 2.75) is 64.4 Å². The summed E-state index contributed by atoms with van der Waals surface area (Å²) in [5.41, 5.74) is 0.458. The summed E-state index contributed by atoms with van der Waals surface area (Å²) in [5, 5.41) is 0. The quantitative estimate of drug-likeness (QED) is 0.889. The highest BCUT2D eigenvalue weighted by atomic mass is 16.5. The van der Waals surface area contributed by atoms with Gasteiger partial charge in [-0.3, -0.25) is 4.79 Å². The maximum Gasteiger partial charge on any atom is 0.251 e. The van der Waals surface area contributed by atoms with Crippen molar-refractivity contribution in [3.63, 3.8) is 0 Å². The summed E-state index contributed by atoms with van der Waals surface area (Å²) in [6, 6.07) is 1.61. The van der Waals surface area contributed by atoms with Gasteiger partial charge in [-0.1, -0.05) is 32.6 Å². The molecule has 2 rings (SSSR count). The highest BCUT2D eigenvalue weighted by molar-refractivity contribution is 5.10. The largest absolute Gasteiger partial charge is 0.367 e. The highest BCUT2D eigenvalue weighted by Gasteiger charge is 2.37. The minimum Gasteiger partial charge on any atom is -0.367 e. The van der Waals surface area contributed by atoms with Gasteiger partial charge in [0.15, 0.2) is 0 Å². The van der Waals surface area contributed by atoms with Gasteiger partial charge in [-0.2, -0.15) is 0 Å². The monoisotopic (exact) mass is 264 g/mol. The lowest BCUT2D eigenvalue weighted by molar-refractivity contribution is -0.0769. The Morgan fingerprint density at radius 1 is 1.32 bits per heavy atom. The van der Waals surface area contributed by atoms with Crippen LogP contribution in [0.2, 0.25) is 0 Å². The van der Waals surface area contributed by atoms with Crippen LogP contribution in [0.25, 0.3) is 0 Å². The zero-order valence-electron chi connectivity index (χ0n) is 12.0. The Morgan fingerprint density at radius 2 is 2.05 bits per heavy atom. The van der Waals surface area contributed by atoms with Crippen LogP contribution in [0.15, 0.2) is 10.9 Å². The van der Waals surface area contributed by atoms with Crippen LogP contribution in [0.3, 0.4) is 0 Å². The van der Waals surface area contributed by atoms with Gasteiger partial charge >= 0.3 is 0 Å². The molecule has 0 spiro atoms. The Kier molecular flexibility index (Phi) is 4.75. The molecule has 4 heteroatoms. The van der Waals surface area contributed by atoms with Gasteiger partial charge in [0.2, 0.25) is 0 Å². The van der Waals surface area contributed by atoms with Crippen LogP contribution in [0.4, 0.5) is 0 Å². The van der Waals surface area contributed by atoms with Crippen LogP contribution in [-0.4, -0.2) is 16.6 Å². The number of aromatic nitrogens is 2. The normalized spacial score (nSPS) is 18.4. The van der Waals surface area contributed by atoms with E-state index in [0.717, 1.165) is 50.0 Å². The van der Waals surface area contributed by atoms with Gasteiger partial charge in [0.05, 0.1) is 0 Å². The SMILES string of the molecule is CCCc1cc(=O)[nH]c(C2(OCC)CCCCC2)n1. The van der Waals surface area contributed by atoms with Crippen molar-refractivity contribution in [1.82, 2.24) is 9.97 Å². The van der Waals surface area contributed by atoms with Crippen molar-refractivity contribution in [1.29, 1.82) is 0 Å². The molecule has 0 unspecified atom stereocenters. The van der Waals surface area contributed by atoms with Crippen LogP contribution in [0.1, 0.15) is 63.9 Å². The van der Waals surface area contributed by atoms with Crippen molar-refractivity contribution in [3.8, 4) is 0 Å². The fourth-order valence-corrected chi connectivity index (χ4v) is 2.96. The molecule has 1 heterocycles. The second kappa shape index (κ2) is 6.33. The number of nitrogens with zero attached hydrogens (tertiary/aromatic N) is 1. The minimum atomic E-state index is -0.365. The summed E-state index contributed by atoms with van der Waals surface area (Å²) in [6.07, 6.45) is 7.28. The molecule has 0 radical (unpaired) electrons. The number of ether oxygens (including phenoxy) is 1. The molecule has 0 bridgehead atoms. The lowest BCUT2D eigenvalue weighted by Gasteiger charge is -2.36.